The van der Waals surface area contributed by atoms with E-state index in [2.05, 4.69) is 20.0 Å². The van der Waals surface area contributed by atoms with Crippen molar-refractivity contribution in [2.24, 2.45) is 11.3 Å². The zero-order valence-corrected chi connectivity index (χ0v) is 25.7. The molecular formula is C24H39N6O9PS. The third-order valence-electron chi connectivity index (χ3n) is 6.19. The number of aromatic nitrogens is 4. The van der Waals surface area contributed by atoms with Crippen LogP contribution in [0.2, 0.25) is 0 Å². The van der Waals surface area contributed by atoms with Crippen molar-refractivity contribution in [3.63, 3.8) is 0 Å². The predicted molar refractivity (Wildman–Crippen MR) is 152 cm³/mol. The monoisotopic (exact) mass is 618 g/mol. The molecule has 5 atom stereocenters. The highest BCUT2D eigenvalue weighted by atomic mass is 32.2. The normalized spacial score (nSPS) is 21.7. The van der Waals surface area contributed by atoms with Gasteiger partial charge in [0.2, 0.25) is 5.95 Å². The predicted octanol–water partition coefficient (Wildman–Crippen LogP) is 1.97. The first-order valence-corrected chi connectivity index (χ1v) is 15.7. The number of aliphatic hydroxyl groups is 1. The van der Waals surface area contributed by atoms with E-state index in [1.54, 1.807) is 32.3 Å². The third kappa shape index (κ3) is 8.60. The van der Waals surface area contributed by atoms with Gasteiger partial charge in [0, 0.05) is 11.7 Å². The molecule has 0 bridgehead atoms. The van der Waals surface area contributed by atoms with Gasteiger partial charge in [0.25, 0.3) is 5.56 Å². The number of thioether (sulfide) groups is 1. The van der Waals surface area contributed by atoms with Crippen molar-refractivity contribution in [1.29, 1.82) is 0 Å². The largest absolute Gasteiger partial charge is 0.462 e. The van der Waals surface area contributed by atoms with Crippen LogP contribution in [0, 0.1) is 11.3 Å². The number of hydrogen-bond donors (Lipinski definition) is 4. The van der Waals surface area contributed by atoms with Crippen LogP contribution in [0.4, 0.5) is 5.95 Å². The number of fused-ring (bicyclic) bond motifs is 1. The van der Waals surface area contributed by atoms with Crippen molar-refractivity contribution in [1.82, 2.24) is 24.6 Å². The molecule has 15 nitrogen and oxygen atoms in total. The molecule has 0 spiro atoms. The first kappa shape index (κ1) is 33.2. The minimum atomic E-state index is -4.08. The molecule has 17 heteroatoms. The summed E-state index contributed by atoms with van der Waals surface area (Å²) in [6.45, 7) is 9.43. The number of aliphatic hydroxyl groups excluding tert-OH is 1. The van der Waals surface area contributed by atoms with E-state index in [0.29, 0.717) is 6.42 Å². The number of esters is 1. The Balaban J connectivity index is 1.67. The topological polar surface area (TPSA) is 210 Å². The van der Waals surface area contributed by atoms with Gasteiger partial charge in [0.05, 0.1) is 43.8 Å². The van der Waals surface area contributed by atoms with Crippen LogP contribution in [0.1, 0.15) is 54.2 Å². The van der Waals surface area contributed by atoms with Gasteiger partial charge >= 0.3 is 13.7 Å². The summed E-state index contributed by atoms with van der Waals surface area (Å²) in [6, 6.07) is -1.02. The summed E-state index contributed by atoms with van der Waals surface area (Å²) in [6.07, 6.45) is 0.507. The Morgan fingerprint density at radius 3 is 2.73 bits per heavy atom. The van der Waals surface area contributed by atoms with Gasteiger partial charge in [0.1, 0.15) is 12.3 Å². The van der Waals surface area contributed by atoms with Gasteiger partial charge in [-0.3, -0.25) is 33.0 Å². The van der Waals surface area contributed by atoms with Crippen LogP contribution in [-0.2, 0) is 32.7 Å². The lowest BCUT2D eigenvalue weighted by Crippen LogP contribution is -2.36. The average molecular weight is 619 g/mol. The van der Waals surface area contributed by atoms with Gasteiger partial charge < -0.3 is 20.3 Å². The van der Waals surface area contributed by atoms with Crippen molar-refractivity contribution < 1.29 is 37.8 Å². The first-order chi connectivity index (χ1) is 19.2. The number of H-pyrrole nitrogens is 1. The highest BCUT2D eigenvalue weighted by Crippen LogP contribution is 2.46. The second-order valence-corrected chi connectivity index (χ2v) is 13.6. The number of rotatable bonds is 14. The molecule has 1 fully saturated rings. The molecule has 41 heavy (non-hydrogen) atoms. The molecule has 1 aliphatic rings. The van der Waals surface area contributed by atoms with E-state index in [0.717, 1.165) is 11.8 Å². The number of nitrogens with two attached hydrogens (primary N) is 1. The minimum absolute atomic E-state index is 0.0520. The number of aromatic amines is 1. The van der Waals surface area contributed by atoms with Gasteiger partial charge in [-0.25, -0.2) is 14.6 Å². The fourth-order valence-corrected chi connectivity index (χ4v) is 6.39. The minimum Gasteiger partial charge on any atom is -0.462 e. The molecule has 3 heterocycles. The van der Waals surface area contributed by atoms with Crippen LogP contribution < -0.4 is 16.4 Å². The van der Waals surface area contributed by atoms with Crippen molar-refractivity contribution in [3.05, 3.63) is 16.7 Å². The second kappa shape index (κ2) is 13.8. The standard InChI is InChI=1S/C24H39N6O9PS/c1-13(2)38-21(33)15(4)29-40(35,36-7-8-41-22(34)24(5,6)11-31)37-10-16-9-14(3)20(39-16)30-12-26-17-18(30)27-23(25)28-19(17)32/h12-16,20,31H,7-11H2,1-6H3,(H,29,35)(H3,25,27,28,32)/t14-,15-,16-,20+,40+/m0/s1. The number of ether oxygens (including phenoxy) is 2. The van der Waals surface area contributed by atoms with Crippen LogP contribution in [0.5, 0.6) is 0 Å². The summed E-state index contributed by atoms with van der Waals surface area (Å²) in [5.74, 6) is -0.608. The lowest BCUT2D eigenvalue weighted by molar-refractivity contribution is -0.149. The molecule has 2 aromatic rings. The Morgan fingerprint density at radius 1 is 1.37 bits per heavy atom. The molecule has 0 aliphatic carbocycles. The maximum absolute atomic E-state index is 13.7. The SMILES string of the molecule is CC(C)OC(=O)[C@H](C)N[P@@](=O)(OCCSC(=O)C(C)(C)CO)OC[C@@H]1C[C@H](C)[C@H](n2cnc3c(=O)[nH]c(N)nc32)O1. The van der Waals surface area contributed by atoms with Crippen LogP contribution in [0.25, 0.3) is 11.2 Å². The second-order valence-electron chi connectivity index (χ2n) is 10.8. The van der Waals surface area contributed by atoms with E-state index < -0.39 is 43.1 Å². The Hall–Kier alpha value is -2.33. The van der Waals surface area contributed by atoms with Crippen molar-refractivity contribution in [3.8, 4) is 0 Å². The fraction of sp³-hybridized carbons (Fsp3) is 0.708. The lowest BCUT2D eigenvalue weighted by atomic mass is 9.97. The molecule has 0 unspecified atom stereocenters. The lowest BCUT2D eigenvalue weighted by Gasteiger charge is -2.24. The molecule has 2 aromatic heterocycles. The Labute approximate surface area is 241 Å². The number of hydrogen-bond acceptors (Lipinski definition) is 13. The zero-order chi connectivity index (χ0) is 30.5. The molecule has 230 valence electrons. The zero-order valence-electron chi connectivity index (χ0n) is 24.0. The van der Waals surface area contributed by atoms with Gasteiger partial charge in [-0.2, -0.15) is 4.98 Å². The molecular weight excluding hydrogens is 579 g/mol. The van der Waals surface area contributed by atoms with Crippen LogP contribution in [0.15, 0.2) is 11.1 Å². The number of anilines is 1. The number of nitrogen functional groups attached to an aromatic ring is 1. The summed E-state index contributed by atoms with van der Waals surface area (Å²) in [4.78, 5) is 47.5. The van der Waals surface area contributed by atoms with E-state index in [9.17, 15) is 24.1 Å². The maximum Gasteiger partial charge on any atom is 0.406 e. The number of carbonyl (C=O) groups excluding carboxylic acids is 2. The molecule has 0 aromatic carbocycles. The van der Waals surface area contributed by atoms with Gasteiger partial charge in [-0.15, -0.1) is 0 Å². The molecule has 1 saturated heterocycles. The summed E-state index contributed by atoms with van der Waals surface area (Å²) >= 11 is 0.935. The smallest absolute Gasteiger partial charge is 0.406 e. The molecule has 0 amide bonds. The summed E-state index contributed by atoms with van der Waals surface area (Å²) in [5, 5.41) is 11.8. The van der Waals surface area contributed by atoms with Crippen LogP contribution in [-0.4, -0.2) is 79.5 Å². The van der Waals surface area contributed by atoms with E-state index in [4.69, 9.17) is 24.3 Å². The van der Waals surface area contributed by atoms with E-state index in [1.807, 2.05) is 6.92 Å². The van der Waals surface area contributed by atoms with Crippen LogP contribution in [0.3, 0.4) is 0 Å². The molecule has 3 rings (SSSR count). The van der Waals surface area contributed by atoms with E-state index in [-0.39, 0.29) is 59.8 Å². The first-order valence-electron chi connectivity index (χ1n) is 13.2. The summed E-state index contributed by atoms with van der Waals surface area (Å²) in [5.41, 5.74) is 4.71. The number of carbonyl (C=O) groups is 2. The van der Waals surface area contributed by atoms with Gasteiger partial charge in [-0.1, -0.05) is 18.7 Å². The number of nitrogens with one attached hydrogen (secondary N) is 2. The van der Waals surface area contributed by atoms with Crippen molar-refractivity contribution in [2.45, 2.75) is 72.4 Å². The maximum atomic E-state index is 13.7. The number of nitrogens with zero attached hydrogens (tertiary/aromatic N) is 3. The fourth-order valence-electron chi connectivity index (χ4n) is 3.96. The third-order valence-corrected chi connectivity index (χ3v) is 9.09. The average Bonchev–Trinajstić information content (AvgIpc) is 3.47. The summed E-state index contributed by atoms with van der Waals surface area (Å²) in [7, 11) is -4.08. The van der Waals surface area contributed by atoms with Crippen molar-refractivity contribution >= 4 is 47.7 Å². The molecule has 5 N–H and O–H groups in total. The van der Waals surface area contributed by atoms with E-state index >= 15 is 0 Å². The highest BCUT2D eigenvalue weighted by molar-refractivity contribution is 8.13. The quantitative estimate of drug-likeness (QED) is 0.136. The highest BCUT2D eigenvalue weighted by Gasteiger charge is 2.38. The summed E-state index contributed by atoms with van der Waals surface area (Å²) < 4.78 is 37.9. The van der Waals surface area contributed by atoms with Crippen molar-refractivity contribution in [2.75, 3.05) is 31.3 Å². The van der Waals surface area contributed by atoms with Crippen LogP contribution >= 0.6 is 19.5 Å². The number of imidazole rings is 1. The Bertz CT molecular complexity index is 1330. The van der Waals surface area contributed by atoms with Gasteiger partial charge in [0.15, 0.2) is 16.3 Å². The van der Waals surface area contributed by atoms with E-state index in [1.165, 1.54) is 13.3 Å². The molecule has 0 saturated carbocycles. The Morgan fingerprint density at radius 2 is 2.07 bits per heavy atom. The van der Waals surface area contributed by atoms with Gasteiger partial charge in [-0.05, 0) is 41.0 Å². The molecule has 0 radical (unpaired) electrons. The Kier molecular flexibility index (Phi) is 11.1. The molecule has 1 aliphatic heterocycles.